The van der Waals surface area contributed by atoms with Gasteiger partial charge in [-0.1, -0.05) is 13.8 Å². The Morgan fingerprint density at radius 1 is 1.11 bits per heavy atom. The molecule has 0 aliphatic carbocycles. The molecule has 1 aliphatic rings. The van der Waals surface area contributed by atoms with Crippen molar-refractivity contribution in [3.63, 3.8) is 0 Å². The number of hydrogen-bond donors (Lipinski definition) is 1. The van der Waals surface area contributed by atoms with Crippen LogP contribution in [0.5, 0.6) is 0 Å². The second-order valence-electron chi connectivity index (χ2n) is 4.83. The Balaban J connectivity index is 2.12. The van der Waals surface area contributed by atoms with Gasteiger partial charge in [0, 0.05) is 45.2 Å². The molecule has 2 rings (SSSR count). The van der Waals surface area contributed by atoms with Crippen LogP contribution in [-0.4, -0.2) is 54.1 Å². The van der Waals surface area contributed by atoms with E-state index in [0.717, 1.165) is 63.1 Å². The van der Waals surface area contributed by atoms with Crippen LogP contribution in [0.4, 0.5) is 11.6 Å². The number of aromatic nitrogens is 2. The van der Waals surface area contributed by atoms with Crippen molar-refractivity contribution < 1.29 is 0 Å². The minimum absolute atomic E-state index is 0.876. The second kappa shape index (κ2) is 6.70. The SMILES string of the molecule is CCNc1cc(N2CCN(CC)CC2)nc(CC)n1. The number of hydrogen-bond acceptors (Lipinski definition) is 5. The molecule has 1 aromatic rings. The lowest BCUT2D eigenvalue weighted by Gasteiger charge is -2.35. The number of nitrogens with one attached hydrogen (secondary N) is 1. The summed E-state index contributed by atoms with van der Waals surface area (Å²) in [7, 11) is 0. The first-order chi connectivity index (χ1) is 9.26. The van der Waals surface area contributed by atoms with E-state index in [4.69, 9.17) is 0 Å². The minimum atomic E-state index is 0.876. The minimum Gasteiger partial charge on any atom is -0.370 e. The van der Waals surface area contributed by atoms with E-state index >= 15 is 0 Å². The molecule has 1 N–H and O–H groups in total. The molecule has 2 heterocycles. The fourth-order valence-corrected chi connectivity index (χ4v) is 2.37. The van der Waals surface area contributed by atoms with E-state index in [2.05, 4.69) is 51.9 Å². The van der Waals surface area contributed by atoms with Crippen molar-refractivity contribution in [3.8, 4) is 0 Å². The van der Waals surface area contributed by atoms with Gasteiger partial charge in [0.1, 0.15) is 17.5 Å². The van der Waals surface area contributed by atoms with Gasteiger partial charge in [0.05, 0.1) is 0 Å². The maximum absolute atomic E-state index is 4.66. The topological polar surface area (TPSA) is 44.3 Å². The Bertz CT molecular complexity index is 399. The Hall–Kier alpha value is -1.36. The van der Waals surface area contributed by atoms with Gasteiger partial charge in [-0.05, 0) is 13.5 Å². The predicted octanol–water partition coefficient (Wildman–Crippen LogP) is 1.61. The molecule has 5 nitrogen and oxygen atoms in total. The molecule has 0 amide bonds. The zero-order chi connectivity index (χ0) is 13.7. The van der Waals surface area contributed by atoms with E-state index < -0.39 is 0 Å². The van der Waals surface area contributed by atoms with E-state index in [0.29, 0.717) is 0 Å². The van der Waals surface area contributed by atoms with Gasteiger partial charge in [-0.25, -0.2) is 9.97 Å². The third-order valence-corrected chi connectivity index (χ3v) is 3.58. The van der Waals surface area contributed by atoms with E-state index in [9.17, 15) is 0 Å². The van der Waals surface area contributed by atoms with Crippen molar-refractivity contribution in [2.75, 3.05) is 49.5 Å². The van der Waals surface area contributed by atoms with Crippen LogP contribution >= 0.6 is 0 Å². The second-order valence-corrected chi connectivity index (χ2v) is 4.83. The van der Waals surface area contributed by atoms with Gasteiger partial charge in [0.2, 0.25) is 0 Å². The molecule has 0 spiro atoms. The number of piperazine rings is 1. The van der Waals surface area contributed by atoms with Crippen molar-refractivity contribution in [2.45, 2.75) is 27.2 Å². The molecule has 1 aliphatic heterocycles. The summed E-state index contributed by atoms with van der Waals surface area (Å²) in [5.41, 5.74) is 0. The molecular weight excluding hydrogens is 238 g/mol. The largest absolute Gasteiger partial charge is 0.370 e. The number of rotatable bonds is 5. The van der Waals surface area contributed by atoms with Gasteiger partial charge in [0.25, 0.3) is 0 Å². The van der Waals surface area contributed by atoms with Gasteiger partial charge in [-0.15, -0.1) is 0 Å². The third-order valence-electron chi connectivity index (χ3n) is 3.58. The van der Waals surface area contributed by atoms with Crippen LogP contribution in [0.2, 0.25) is 0 Å². The average molecular weight is 263 g/mol. The molecule has 106 valence electrons. The molecule has 19 heavy (non-hydrogen) atoms. The lowest BCUT2D eigenvalue weighted by molar-refractivity contribution is 0.270. The van der Waals surface area contributed by atoms with Gasteiger partial charge in [-0.2, -0.15) is 0 Å². The number of likely N-dealkylation sites (N-methyl/N-ethyl adjacent to an activating group) is 1. The number of aryl methyl sites for hydroxylation is 1. The average Bonchev–Trinajstić information content (AvgIpc) is 2.47. The molecule has 1 fully saturated rings. The van der Waals surface area contributed by atoms with Crippen molar-refractivity contribution in [1.29, 1.82) is 0 Å². The van der Waals surface area contributed by atoms with Gasteiger partial charge in [-0.3, -0.25) is 0 Å². The highest BCUT2D eigenvalue weighted by atomic mass is 15.3. The molecule has 0 saturated carbocycles. The fourth-order valence-electron chi connectivity index (χ4n) is 2.37. The van der Waals surface area contributed by atoms with E-state index in [1.165, 1.54) is 0 Å². The smallest absolute Gasteiger partial charge is 0.134 e. The van der Waals surface area contributed by atoms with Crippen molar-refractivity contribution in [1.82, 2.24) is 14.9 Å². The van der Waals surface area contributed by atoms with Crippen LogP contribution in [-0.2, 0) is 6.42 Å². The first-order valence-corrected chi connectivity index (χ1v) is 7.35. The fraction of sp³-hybridized carbons (Fsp3) is 0.714. The lowest BCUT2D eigenvalue weighted by atomic mass is 10.3. The van der Waals surface area contributed by atoms with Crippen molar-refractivity contribution in [2.24, 2.45) is 0 Å². The molecule has 0 aromatic carbocycles. The number of nitrogens with zero attached hydrogens (tertiary/aromatic N) is 4. The molecule has 1 aromatic heterocycles. The summed E-state index contributed by atoms with van der Waals surface area (Å²) in [5, 5.41) is 3.29. The van der Waals surface area contributed by atoms with Crippen LogP contribution in [0.15, 0.2) is 6.07 Å². The van der Waals surface area contributed by atoms with Crippen LogP contribution in [0, 0.1) is 0 Å². The van der Waals surface area contributed by atoms with Gasteiger partial charge in [0.15, 0.2) is 0 Å². The molecule has 0 radical (unpaired) electrons. The Morgan fingerprint density at radius 3 is 2.42 bits per heavy atom. The summed E-state index contributed by atoms with van der Waals surface area (Å²) in [6, 6.07) is 2.07. The van der Waals surface area contributed by atoms with Crippen LogP contribution in [0.3, 0.4) is 0 Å². The predicted molar refractivity (Wildman–Crippen MR) is 79.9 cm³/mol. The summed E-state index contributed by atoms with van der Waals surface area (Å²) in [6.45, 7) is 12.8. The van der Waals surface area contributed by atoms with Crippen LogP contribution < -0.4 is 10.2 Å². The summed E-state index contributed by atoms with van der Waals surface area (Å²) in [5.74, 6) is 2.94. The molecule has 5 heteroatoms. The van der Waals surface area contributed by atoms with Gasteiger partial charge < -0.3 is 15.1 Å². The monoisotopic (exact) mass is 263 g/mol. The maximum Gasteiger partial charge on any atom is 0.134 e. The molecule has 1 saturated heterocycles. The highest BCUT2D eigenvalue weighted by Gasteiger charge is 2.17. The zero-order valence-electron chi connectivity index (χ0n) is 12.3. The van der Waals surface area contributed by atoms with Crippen molar-refractivity contribution in [3.05, 3.63) is 11.9 Å². The summed E-state index contributed by atoms with van der Waals surface area (Å²) in [6.07, 6.45) is 0.876. The first kappa shape index (κ1) is 14.1. The third kappa shape index (κ3) is 3.56. The number of anilines is 2. The Morgan fingerprint density at radius 2 is 1.84 bits per heavy atom. The summed E-state index contributed by atoms with van der Waals surface area (Å²) in [4.78, 5) is 14.0. The standard InChI is InChI=1S/C14H25N5/c1-4-12-16-13(15-5-2)11-14(17-12)19-9-7-18(6-3)8-10-19/h11H,4-10H2,1-3H3,(H,15,16,17). The Labute approximate surface area is 116 Å². The van der Waals surface area contributed by atoms with E-state index in [1.807, 2.05) is 0 Å². The molecular formula is C14H25N5. The Kier molecular flexibility index (Phi) is 4.96. The van der Waals surface area contributed by atoms with Crippen LogP contribution in [0.25, 0.3) is 0 Å². The quantitative estimate of drug-likeness (QED) is 0.874. The normalized spacial score (nSPS) is 16.7. The zero-order valence-corrected chi connectivity index (χ0v) is 12.3. The molecule has 0 unspecified atom stereocenters. The molecule has 0 atom stereocenters. The van der Waals surface area contributed by atoms with Crippen molar-refractivity contribution >= 4 is 11.6 Å². The summed E-state index contributed by atoms with van der Waals surface area (Å²) < 4.78 is 0. The maximum atomic E-state index is 4.66. The molecule has 0 bridgehead atoms. The van der Waals surface area contributed by atoms with E-state index in [-0.39, 0.29) is 0 Å². The van der Waals surface area contributed by atoms with E-state index in [1.54, 1.807) is 0 Å². The van der Waals surface area contributed by atoms with Crippen LogP contribution in [0.1, 0.15) is 26.6 Å². The lowest BCUT2D eigenvalue weighted by Crippen LogP contribution is -2.46. The highest BCUT2D eigenvalue weighted by molar-refractivity contribution is 5.49. The first-order valence-electron chi connectivity index (χ1n) is 7.35. The highest BCUT2D eigenvalue weighted by Crippen LogP contribution is 2.18. The summed E-state index contributed by atoms with van der Waals surface area (Å²) >= 11 is 0. The van der Waals surface area contributed by atoms with Gasteiger partial charge >= 0.3 is 0 Å².